The second kappa shape index (κ2) is 5.34. The predicted octanol–water partition coefficient (Wildman–Crippen LogP) is 2.29. The lowest BCUT2D eigenvalue weighted by Crippen LogP contribution is -2.46. The number of amides is 1. The van der Waals surface area contributed by atoms with Gasteiger partial charge in [0.1, 0.15) is 5.92 Å². The van der Waals surface area contributed by atoms with E-state index < -0.39 is 5.92 Å². The van der Waals surface area contributed by atoms with Crippen molar-refractivity contribution in [2.75, 3.05) is 13.1 Å². The Labute approximate surface area is 98.4 Å². The SMILES string of the molecule is CC1CC(C)CN(C(=O)C(C#N)C(C)C)C1. The number of piperidine rings is 1. The van der Waals surface area contributed by atoms with Crippen LogP contribution in [-0.4, -0.2) is 23.9 Å². The quantitative estimate of drug-likeness (QED) is 0.719. The van der Waals surface area contributed by atoms with Gasteiger partial charge in [0.15, 0.2) is 0 Å². The Morgan fingerprint density at radius 3 is 2.19 bits per heavy atom. The molecule has 1 fully saturated rings. The van der Waals surface area contributed by atoms with Crippen LogP contribution < -0.4 is 0 Å². The number of rotatable bonds is 2. The number of carbonyl (C=O) groups is 1. The highest BCUT2D eigenvalue weighted by molar-refractivity contribution is 5.81. The standard InChI is InChI=1S/C13H22N2O/c1-9(2)12(6-14)13(16)15-7-10(3)5-11(4)8-15/h9-12H,5,7-8H2,1-4H3. The van der Waals surface area contributed by atoms with E-state index in [1.165, 1.54) is 6.42 Å². The van der Waals surface area contributed by atoms with Crippen molar-refractivity contribution >= 4 is 5.91 Å². The minimum atomic E-state index is -0.475. The van der Waals surface area contributed by atoms with Gasteiger partial charge >= 0.3 is 0 Å². The van der Waals surface area contributed by atoms with E-state index in [1.807, 2.05) is 18.7 Å². The number of hydrogen-bond donors (Lipinski definition) is 0. The van der Waals surface area contributed by atoms with Crippen molar-refractivity contribution in [3.8, 4) is 6.07 Å². The Morgan fingerprint density at radius 2 is 1.81 bits per heavy atom. The smallest absolute Gasteiger partial charge is 0.240 e. The minimum Gasteiger partial charge on any atom is -0.341 e. The third kappa shape index (κ3) is 2.98. The van der Waals surface area contributed by atoms with Crippen molar-refractivity contribution in [1.29, 1.82) is 5.26 Å². The number of nitriles is 1. The van der Waals surface area contributed by atoms with E-state index in [1.54, 1.807) is 0 Å². The Morgan fingerprint density at radius 1 is 1.31 bits per heavy atom. The van der Waals surface area contributed by atoms with E-state index in [2.05, 4.69) is 19.9 Å². The molecule has 0 N–H and O–H groups in total. The first-order valence-electron chi connectivity index (χ1n) is 6.14. The lowest BCUT2D eigenvalue weighted by atomic mass is 9.89. The fourth-order valence-electron chi connectivity index (χ4n) is 2.53. The third-order valence-corrected chi connectivity index (χ3v) is 3.25. The molecule has 1 rings (SSSR count). The van der Waals surface area contributed by atoms with E-state index in [4.69, 9.17) is 5.26 Å². The zero-order chi connectivity index (χ0) is 12.3. The van der Waals surface area contributed by atoms with Gasteiger partial charge in [0.05, 0.1) is 6.07 Å². The Kier molecular flexibility index (Phi) is 4.35. The molecule has 0 spiro atoms. The zero-order valence-corrected chi connectivity index (χ0v) is 10.7. The first-order valence-corrected chi connectivity index (χ1v) is 6.14. The Bertz CT molecular complexity index is 283. The van der Waals surface area contributed by atoms with Crippen LogP contribution in [0.3, 0.4) is 0 Å². The summed E-state index contributed by atoms with van der Waals surface area (Å²) in [5, 5.41) is 9.03. The van der Waals surface area contributed by atoms with Crippen LogP contribution in [0, 0.1) is 35.0 Å². The molecule has 0 aliphatic carbocycles. The molecule has 0 radical (unpaired) electrons. The molecule has 1 heterocycles. The number of hydrogen-bond acceptors (Lipinski definition) is 2. The van der Waals surface area contributed by atoms with Crippen molar-refractivity contribution in [3.05, 3.63) is 0 Å². The highest BCUT2D eigenvalue weighted by atomic mass is 16.2. The van der Waals surface area contributed by atoms with Gasteiger partial charge in [0.2, 0.25) is 5.91 Å². The number of carbonyl (C=O) groups excluding carboxylic acids is 1. The van der Waals surface area contributed by atoms with Gasteiger partial charge in [-0.15, -0.1) is 0 Å². The molecule has 0 aromatic heterocycles. The van der Waals surface area contributed by atoms with E-state index in [9.17, 15) is 4.79 Å². The van der Waals surface area contributed by atoms with Crippen LogP contribution in [0.2, 0.25) is 0 Å². The molecule has 3 atom stereocenters. The summed E-state index contributed by atoms with van der Waals surface area (Å²) < 4.78 is 0. The summed E-state index contributed by atoms with van der Waals surface area (Å²) in [5.41, 5.74) is 0. The second-order valence-corrected chi connectivity index (χ2v) is 5.54. The van der Waals surface area contributed by atoms with Gasteiger partial charge in [-0.1, -0.05) is 27.7 Å². The average Bonchev–Trinajstić information content (AvgIpc) is 2.16. The van der Waals surface area contributed by atoms with Crippen molar-refractivity contribution in [2.24, 2.45) is 23.7 Å². The summed E-state index contributed by atoms with van der Waals surface area (Å²) in [4.78, 5) is 14.0. The van der Waals surface area contributed by atoms with Crippen LogP contribution in [0.5, 0.6) is 0 Å². The van der Waals surface area contributed by atoms with Gasteiger partial charge in [-0.05, 0) is 24.2 Å². The van der Waals surface area contributed by atoms with Gasteiger partial charge in [-0.3, -0.25) is 4.79 Å². The summed E-state index contributed by atoms with van der Waals surface area (Å²) in [6.07, 6.45) is 1.18. The third-order valence-electron chi connectivity index (χ3n) is 3.25. The summed E-state index contributed by atoms with van der Waals surface area (Å²) in [6.45, 7) is 9.84. The van der Waals surface area contributed by atoms with Gasteiger partial charge in [0, 0.05) is 13.1 Å². The van der Waals surface area contributed by atoms with Crippen LogP contribution in [0.4, 0.5) is 0 Å². The monoisotopic (exact) mass is 222 g/mol. The molecule has 1 saturated heterocycles. The molecule has 0 aromatic rings. The summed E-state index contributed by atoms with van der Waals surface area (Å²) in [6, 6.07) is 2.14. The minimum absolute atomic E-state index is 0.0240. The summed E-state index contributed by atoms with van der Waals surface area (Å²) in [7, 11) is 0. The molecule has 3 nitrogen and oxygen atoms in total. The van der Waals surface area contributed by atoms with Crippen molar-refractivity contribution in [2.45, 2.75) is 34.1 Å². The highest BCUT2D eigenvalue weighted by Crippen LogP contribution is 2.23. The van der Waals surface area contributed by atoms with Crippen molar-refractivity contribution in [3.63, 3.8) is 0 Å². The zero-order valence-electron chi connectivity index (χ0n) is 10.7. The second-order valence-electron chi connectivity index (χ2n) is 5.54. The molecule has 0 aromatic carbocycles. The van der Waals surface area contributed by atoms with Crippen molar-refractivity contribution in [1.82, 2.24) is 4.90 Å². The molecule has 1 aliphatic rings. The van der Waals surface area contributed by atoms with Gasteiger partial charge in [-0.2, -0.15) is 5.26 Å². The number of likely N-dealkylation sites (tertiary alicyclic amines) is 1. The maximum Gasteiger partial charge on any atom is 0.240 e. The predicted molar refractivity (Wildman–Crippen MR) is 63.5 cm³/mol. The van der Waals surface area contributed by atoms with Crippen LogP contribution in [-0.2, 0) is 4.79 Å². The molecule has 90 valence electrons. The van der Waals surface area contributed by atoms with Gasteiger partial charge in [-0.25, -0.2) is 0 Å². The van der Waals surface area contributed by atoms with E-state index in [0.717, 1.165) is 13.1 Å². The lowest BCUT2D eigenvalue weighted by Gasteiger charge is -2.36. The fraction of sp³-hybridized carbons (Fsp3) is 0.846. The summed E-state index contributed by atoms with van der Waals surface area (Å²) >= 11 is 0. The topological polar surface area (TPSA) is 44.1 Å². The molecule has 1 amide bonds. The van der Waals surface area contributed by atoms with Crippen LogP contribution >= 0.6 is 0 Å². The van der Waals surface area contributed by atoms with Gasteiger partial charge in [0.25, 0.3) is 0 Å². The molecule has 0 bridgehead atoms. The van der Waals surface area contributed by atoms with Crippen LogP contribution in [0.1, 0.15) is 34.1 Å². The maximum atomic E-state index is 12.2. The first kappa shape index (κ1) is 13.0. The largest absolute Gasteiger partial charge is 0.341 e. The highest BCUT2D eigenvalue weighted by Gasteiger charge is 2.31. The number of nitrogens with zero attached hydrogens (tertiary/aromatic N) is 2. The molecule has 16 heavy (non-hydrogen) atoms. The molecule has 3 heteroatoms. The van der Waals surface area contributed by atoms with Crippen LogP contribution in [0.15, 0.2) is 0 Å². The molecule has 3 unspecified atom stereocenters. The Balaban J connectivity index is 2.69. The van der Waals surface area contributed by atoms with Gasteiger partial charge < -0.3 is 4.90 Å². The van der Waals surface area contributed by atoms with E-state index >= 15 is 0 Å². The molecule has 1 aliphatic heterocycles. The van der Waals surface area contributed by atoms with E-state index in [0.29, 0.717) is 11.8 Å². The van der Waals surface area contributed by atoms with Crippen molar-refractivity contribution < 1.29 is 4.79 Å². The lowest BCUT2D eigenvalue weighted by molar-refractivity contribution is -0.137. The average molecular weight is 222 g/mol. The van der Waals surface area contributed by atoms with Crippen LogP contribution in [0.25, 0.3) is 0 Å². The maximum absolute atomic E-state index is 12.2. The molecule has 0 saturated carbocycles. The van der Waals surface area contributed by atoms with E-state index in [-0.39, 0.29) is 11.8 Å². The molecular formula is C13H22N2O. The fourth-order valence-corrected chi connectivity index (χ4v) is 2.53. The normalized spacial score (nSPS) is 27.6. The summed E-state index contributed by atoms with van der Waals surface area (Å²) in [5.74, 6) is 0.761. The first-order chi connectivity index (χ1) is 7.45. The molecular weight excluding hydrogens is 200 g/mol. The Hall–Kier alpha value is -1.04.